The summed E-state index contributed by atoms with van der Waals surface area (Å²) in [4.78, 5) is 28.9. The lowest BCUT2D eigenvalue weighted by Crippen LogP contribution is -2.55. The third-order valence-corrected chi connectivity index (χ3v) is 5.45. The summed E-state index contributed by atoms with van der Waals surface area (Å²) in [5.41, 5.74) is 0. The van der Waals surface area contributed by atoms with Crippen LogP contribution in [0.25, 0.3) is 0 Å². The molecule has 1 N–H and O–H groups in total. The molecule has 2 aliphatic rings. The van der Waals surface area contributed by atoms with Crippen molar-refractivity contribution in [2.45, 2.75) is 58.0 Å². The fourth-order valence-electron chi connectivity index (χ4n) is 3.71. The predicted octanol–water partition coefficient (Wildman–Crippen LogP) is 2.05. The smallest absolute Gasteiger partial charge is 0.289 e. The van der Waals surface area contributed by atoms with Gasteiger partial charge in [0, 0.05) is 38.6 Å². The van der Waals surface area contributed by atoms with Crippen molar-refractivity contribution >= 4 is 11.8 Å². The summed E-state index contributed by atoms with van der Waals surface area (Å²) < 4.78 is 5.57. The number of rotatable bonds is 5. The summed E-state index contributed by atoms with van der Waals surface area (Å²) in [6, 6.07) is 3.82. The number of hydrogen-bond acceptors (Lipinski definition) is 4. The molecule has 1 aromatic rings. The average molecular weight is 347 g/mol. The molecule has 6 nitrogen and oxygen atoms in total. The first-order valence-corrected chi connectivity index (χ1v) is 9.51. The molecular formula is C19H29N3O3. The van der Waals surface area contributed by atoms with Crippen LogP contribution >= 0.6 is 0 Å². The maximum Gasteiger partial charge on any atom is 0.289 e. The molecule has 25 heavy (non-hydrogen) atoms. The van der Waals surface area contributed by atoms with Crippen LogP contribution < -0.4 is 5.32 Å². The molecule has 1 aliphatic carbocycles. The fourth-order valence-corrected chi connectivity index (χ4v) is 3.71. The second-order valence-corrected chi connectivity index (χ2v) is 7.11. The van der Waals surface area contributed by atoms with E-state index in [-0.39, 0.29) is 17.9 Å². The molecule has 0 spiro atoms. The predicted molar refractivity (Wildman–Crippen MR) is 95.4 cm³/mol. The average Bonchev–Trinajstić information content (AvgIpc) is 3.32. The Hall–Kier alpha value is -1.82. The molecule has 0 aromatic carbocycles. The van der Waals surface area contributed by atoms with Crippen LogP contribution in [0, 0.1) is 0 Å². The van der Waals surface area contributed by atoms with Crippen molar-refractivity contribution in [1.29, 1.82) is 0 Å². The Morgan fingerprint density at radius 2 is 1.88 bits per heavy atom. The van der Waals surface area contributed by atoms with Gasteiger partial charge in [0.2, 0.25) is 5.91 Å². The highest BCUT2D eigenvalue weighted by atomic mass is 16.4. The molecule has 1 saturated heterocycles. The number of carbonyl (C=O) groups is 2. The number of hydrogen-bond donors (Lipinski definition) is 1. The van der Waals surface area contributed by atoms with E-state index in [1.54, 1.807) is 6.07 Å². The van der Waals surface area contributed by atoms with Gasteiger partial charge in [0.05, 0.1) is 6.04 Å². The van der Waals surface area contributed by atoms with Crippen LogP contribution in [0.1, 0.15) is 55.8 Å². The minimum atomic E-state index is -0.145. The molecule has 1 atom stereocenters. The van der Waals surface area contributed by atoms with Gasteiger partial charge >= 0.3 is 0 Å². The minimum Gasteiger partial charge on any atom is -0.456 e. The summed E-state index contributed by atoms with van der Waals surface area (Å²) in [5.74, 6) is 1.31. The molecule has 2 heterocycles. The van der Waals surface area contributed by atoms with Crippen LogP contribution in [0.2, 0.25) is 0 Å². The number of furan rings is 1. The van der Waals surface area contributed by atoms with Gasteiger partial charge in [0.25, 0.3) is 5.91 Å². The molecule has 0 radical (unpaired) electrons. The first kappa shape index (κ1) is 18.0. The van der Waals surface area contributed by atoms with E-state index in [0.717, 1.165) is 25.0 Å². The van der Waals surface area contributed by atoms with E-state index in [9.17, 15) is 9.59 Å². The van der Waals surface area contributed by atoms with Gasteiger partial charge in [0.1, 0.15) is 5.76 Å². The highest BCUT2D eigenvalue weighted by Gasteiger charge is 2.30. The van der Waals surface area contributed by atoms with Crippen molar-refractivity contribution in [2.24, 2.45) is 0 Å². The molecule has 1 aliphatic heterocycles. The molecule has 1 aromatic heterocycles. The molecule has 138 valence electrons. The topological polar surface area (TPSA) is 65.8 Å². The second-order valence-electron chi connectivity index (χ2n) is 7.11. The van der Waals surface area contributed by atoms with Gasteiger partial charge in [0.15, 0.2) is 5.76 Å². The van der Waals surface area contributed by atoms with Crippen molar-refractivity contribution in [2.75, 3.05) is 26.2 Å². The van der Waals surface area contributed by atoms with Crippen LogP contribution in [0.3, 0.4) is 0 Å². The lowest BCUT2D eigenvalue weighted by Gasteiger charge is -2.37. The molecule has 0 unspecified atom stereocenters. The van der Waals surface area contributed by atoms with E-state index in [0.29, 0.717) is 38.0 Å². The van der Waals surface area contributed by atoms with E-state index < -0.39 is 0 Å². The number of aryl methyl sites for hydroxylation is 1. The van der Waals surface area contributed by atoms with E-state index >= 15 is 0 Å². The number of piperazine rings is 1. The summed E-state index contributed by atoms with van der Waals surface area (Å²) in [7, 11) is 0. The Morgan fingerprint density at radius 3 is 2.48 bits per heavy atom. The van der Waals surface area contributed by atoms with E-state index in [2.05, 4.69) is 10.2 Å². The van der Waals surface area contributed by atoms with Crippen molar-refractivity contribution in [3.05, 3.63) is 23.7 Å². The first-order valence-electron chi connectivity index (χ1n) is 9.51. The van der Waals surface area contributed by atoms with E-state index in [1.165, 1.54) is 12.8 Å². The van der Waals surface area contributed by atoms with Gasteiger partial charge < -0.3 is 14.6 Å². The quantitative estimate of drug-likeness (QED) is 0.885. The first-order chi connectivity index (χ1) is 12.1. The lowest BCUT2D eigenvalue weighted by atomic mass is 10.2. The highest BCUT2D eigenvalue weighted by molar-refractivity contribution is 5.91. The summed E-state index contributed by atoms with van der Waals surface area (Å²) in [5, 5.41) is 3.17. The lowest BCUT2D eigenvalue weighted by molar-refractivity contribution is -0.127. The zero-order chi connectivity index (χ0) is 17.8. The van der Waals surface area contributed by atoms with Gasteiger partial charge in [-0.2, -0.15) is 0 Å². The van der Waals surface area contributed by atoms with Crippen LogP contribution in [0.5, 0.6) is 0 Å². The molecule has 6 heteroatoms. The number of amides is 2. The van der Waals surface area contributed by atoms with E-state index in [1.807, 2.05) is 24.8 Å². The van der Waals surface area contributed by atoms with Crippen molar-refractivity contribution in [1.82, 2.24) is 15.1 Å². The van der Waals surface area contributed by atoms with E-state index in [4.69, 9.17) is 4.42 Å². The molecule has 1 saturated carbocycles. The zero-order valence-electron chi connectivity index (χ0n) is 15.3. The Kier molecular flexibility index (Phi) is 5.78. The van der Waals surface area contributed by atoms with Gasteiger partial charge in [-0.05, 0) is 31.9 Å². The van der Waals surface area contributed by atoms with Gasteiger partial charge in [-0.3, -0.25) is 14.5 Å². The number of carbonyl (C=O) groups excluding carboxylic acids is 2. The van der Waals surface area contributed by atoms with Crippen molar-refractivity contribution < 1.29 is 14.0 Å². The van der Waals surface area contributed by atoms with Gasteiger partial charge in [-0.1, -0.05) is 19.8 Å². The van der Waals surface area contributed by atoms with Crippen molar-refractivity contribution in [3.63, 3.8) is 0 Å². The Morgan fingerprint density at radius 1 is 1.20 bits per heavy atom. The minimum absolute atomic E-state index is 0.0533. The second kappa shape index (κ2) is 8.04. The maximum absolute atomic E-state index is 12.5. The fraction of sp³-hybridized carbons (Fsp3) is 0.684. The van der Waals surface area contributed by atoms with Crippen LogP contribution in [-0.4, -0.2) is 59.9 Å². The van der Waals surface area contributed by atoms with Crippen molar-refractivity contribution in [3.8, 4) is 0 Å². The summed E-state index contributed by atoms with van der Waals surface area (Å²) in [6.45, 7) is 6.65. The summed E-state index contributed by atoms with van der Waals surface area (Å²) in [6.07, 6.45) is 5.42. The largest absolute Gasteiger partial charge is 0.456 e. The monoisotopic (exact) mass is 347 g/mol. The molecular weight excluding hydrogens is 318 g/mol. The molecule has 3 rings (SSSR count). The number of nitrogens with zero attached hydrogens (tertiary/aromatic N) is 2. The summed E-state index contributed by atoms with van der Waals surface area (Å²) >= 11 is 0. The van der Waals surface area contributed by atoms with Crippen LogP contribution in [0.15, 0.2) is 16.5 Å². The molecule has 2 amide bonds. The molecule has 0 bridgehead atoms. The molecule has 2 fully saturated rings. The zero-order valence-corrected chi connectivity index (χ0v) is 15.3. The van der Waals surface area contributed by atoms with Gasteiger partial charge in [-0.25, -0.2) is 0 Å². The SMILES string of the molecule is CCc1ccc(C(=O)N2CCN([C@H](C)C(=O)NC3CCCC3)CC2)o1. The third-order valence-electron chi connectivity index (χ3n) is 5.45. The van der Waals surface area contributed by atoms with Crippen LogP contribution in [-0.2, 0) is 11.2 Å². The normalized spacial score (nSPS) is 20.6. The standard InChI is InChI=1S/C19H29N3O3/c1-3-16-8-9-17(25-16)19(24)22-12-10-21(11-13-22)14(2)18(23)20-15-6-4-5-7-15/h8-9,14-15H,3-7,10-13H2,1-2H3,(H,20,23)/t14-/m1/s1. The van der Waals surface area contributed by atoms with Crippen LogP contribution in [0.4, 0.5) is 0 Å². The Balaban J connectivity index is 1.48. The third kappa shape index (κ3) is 4.24. The Labute approximate surface area is 149 Å². The van der Waals surface area contributed by atoms with Gasteiger partial charge in [-0.15, -0.1) is 0 Å². The number of nitrogens with one attached hydrogen (secondary N) is 1. The Bertz CT molecular complexity index is 599. The highest BCUT2D eigenvalue weighted by Crippen LogP contribution is 2.18. The maximum atomic E-state index is 12.5.